The number of alkyl halides is 2. The van der Waals surface area contributed by atoms with E-state index in [4.69, 9.17) is 0 Å². The second-order valence-corrected chi connectivity index (χ2v) is 5.36. The van der Waals surface area contributed by atoms with Gasteiger partial charge in [0.2, 0.25) is 5.13 Å². The molecule has 8 heteroatoms. The first-order valence-electron chi connectivity index (χ1n) is 6.03. The molecular formula is C13H10F2N4OS. The maximum atomic E-state index is 12.4. The summed E-state index contributed by atoms with van der Waals surface area (Å²) in [7, 11) is 1.77. The number of anilines is 1. The smallest absolute Gasteiger partial charge is 0.291 e. The Labute approximate surface area is 122 Å². The molecule has 0 fully saturated rings. The molecule has 1 aromatic carbocycles. The number of aryl methyl sites for hydroxylation is 1. The SMILES string of the molecule is Cn1c(C(=O)Nc2nnc(C(F)F)s2)cc2ccccc21. The Morgan fingerprint density at radius 3 is 2.76 bits per heavy atom. The summed E-state index contributed by atoms with van der Waals surface area (Å²) in [4.78, 5) is 12.2. The maximum Gasteiger partial charge on any atom is 0.291 e. The molecule has 0 saturated carbocycles. The van der Waals surface area contributed by atoms with E-state index in [9.17, 15) is 13.6 Å². The Hall–Kier alpha value is -2.35. The van der Waals surface area contributed by atoms with Gasteiger partial charge in [0.25, 0.3) is 12.3 Å². The van der Waals surface area contributed by atoms with Crippen LogP contribution in [0, 0.1) is 0 Å². The molecule has 0 atom stereocenters. The molecule has 108 valence electrons. The number of carbonyl (C=O) groups is 1. The zero-order valence-electron chi connectivity index (χ0n) is 10.9. The molecule has 0 aliphatic heterocycles. The first-order chi connectivity index (χ1) is 10.1. The van der Waals surface area contributed by atoms with Crippen LogP contribution in [-0.4, -0.2) is 20.7 Å². The van der Waals surface area contributed by atoms with Crippen molar-refractivity contribution in [2.24, 2.45) is 7.05 Å². The number of aromatic nitrogens is 3. The standard InChI is InChI=1S/C13H10F2N4OS/c1-19-8-5-3-2-4-7(8)6-9(19)11(20)16-13-18-17-12(21-13)10(14)15/h2-6,10H,1H3,(H,16,18,20). The summed E-state index contributed by atoms with van der Waals surface area (Å²) >= 11 is 0.663. The quantitative estimate of drug-likeness (QED) is 0.808. The molecular weight excluding hydrogens is 298 g/mol. The lowest BCUT2D eigenvalue weighted by molar-refractivity contribution is 0.101. The number of halogens is 2. The number of nitrogens with zero attached hydrogens (tertiary/aromatic N) is 3. The Bertz CT molecular complexity index is 811. The van der Waals surface area contributed by atoms with Crippen molar-refractivity contribution in [3.63, 3.8) is 0 Å². The molecule has 0 aliphatic rings. The number of rotatable bonds is 3. The van der Waals surface area contributed by atoms with Gasteiger partial charge in [0, 0.05) is 18.0 Å². The number of benzene rings is 1. The fourth-order valence-corrected chi connectivity index (χ4v) is 2.64. The Balaban J connectivity index is 1.88. The van der Waals surface area contributed by atoms with Crippen molar-refractivity contribution in [2.45, 2.75) is 6.43 Å². The number of nitrogens with one attached hydrogen (secondary N) is 1. The number of para-hydroxylation sites is 1. The van der Waals surface area contributed by atoms with Crippen molar-refractivity contribution >= 4 is 33.3 Å². The van der Waals surface area contributed by atoms with Gasteiger partial charge < -0.3 is 4.57 Å². The van der Waals surface area contributed by atoms with Crippen molar-refractivity contribution in [1.82, 2.24) is 14.8 Å². The van der Waals surface area contributed by atoms with Gasteiger partial charge in [0.15, 0.2) is 5.01 Å². The average molecular weight is 308 g/mol. The van der Waals surface area contributed by atoms with Crippen molar-refractivity contribution in [1.29, 1.82) is 0 Å². The van der Waals surface area contributed by atoms with Gasteiger partial charge in [-0.05, 0) is 12.1 Å². The number of hydrogen-bond acceptors (Lipinski definition) is 4. The number of hydrogen-bond donors (Lipinski definition) is 1. The minimum Gasteiger partial charge on any atom is -0.340 e. The zero-order valence-corrected chi connectivity index (χ0v) is 11.7. The van der Waals surface area contributed by atoms with Gasteiger partial charge >= 0.3 is 0 Å². The van der Waals surface area contributed by atoms with Gasteiger partial charge in [-0.15, -0.1) is 10.2 Å². The van der Waals surface area contributed by atoms with Crippen molar-refractivity contribution in [3.05, 3.63) is 41.0 Å². The van der Waals surface area contributed by atoms with Crippen LogP contribution in [-0.2, 0) is 7.05 Å². The third kappa shape index (κ3) is 2.49. The van der Waals surface area contributed by atoms with Crippen LogP contribution in [0.2, 0.25) is 0 Å². The number of carbonyl (C=O) groups excluding carboxylic acids is 1. The molecule has 1 amide bonds. The van der Waals surface area contributed by atoms with E-state index in [1.807, 2.05) is 24.3 Å². The van der Waals surface area contributed by atoms with Crippen LogP contribution in [0.3, 0.4) is 0 Å². The normalized spacial score (nSPS) is 11.2. The average Bonchev–Trinajstić information content (AvgIpc) is 3.05. The Morgan fingerprint density at radius 1 is 1.33 bits per heavy atom. The summed E-state index contributed by atoms with van der Waals surface area (Å²) in [6.07, 6.45) is -2.69. The predicted octanol–water partition coefficient (Wildman–Crippen LogP) is 3.22. The molecule has 0 aliphatic carbocycles. The lowest BCUT2D eigenvalue weighted by atomic mass is 10.2. The highest BCUT2D eigenvalue weighted by Gasteiger charge is 2.18. The highest BCUT2D eigenvalue weighted by atomic mass is 32.1. The first kappa shape index (κ1) is 13.6. The van der Waals surface area contributed by atoms with Gasteiger partial charge in [0.1, 0.15) is 5.69 Å². The summed E-state index contributed by atoms with van der Waals surface area (Å²) < 4.78 is 26.6. The van der Waals surface area contributed by atoms with Gasteiger partial charge in [-0.3, -0.25) is 10.1 Å². The second-order valence-electron chi connectivity index (χ2n) is 4.35. The van der Waals surface area contributed by atoms with Gasteiger partial charge in [-0.2, -0.15) is 0 Å². The van der Waals surface area contributed by atoms with Crippen molar-refractivity contribution in [3.8, 4) is 0 Å². The molecule has 0 saturated heterocycles. The lowest BCUT2D eigenvalue weighted by Crippen LogP contribution is -2.15. The van der Waals surface area contributed by atoms with E-state index in [2.05, 4.69) is 15.5 Å². The molecule has 2 aromatic heterocycles. The van der Waals surface area contributed by atoms with E-state index in [1.54, 1.807) is 17.7 Å². The van der Waals surface area contributed by atoms with Crippen molar-refractivity contribution in [2.75, 3.05) is 5.32 Å². The third-order valence-corrected chi connectivity index (χ3v) is 3.88. The highest BCUT2D eigenvalue weighted by Crippen LogP contribution is 2.26. The van der Waals surface area contributed by atoms with Crippen LogP contribution in [0.5, 0.6) is 0 Å². The van der Waals surface area contributed by atoms with Gasteiger partial charge in [-0.1, -0.05) is 29.5 Å². The van der Waals surface area contributed by atoms with Crippen LogP contribution in [0.4, 0.5) is 13.9 Å². The minimum atomic E-state index is -2.69. The van der Waals surface area contributed by atoms with E-state index in [0.29, 0.717) is 17.0 Å². The zero-order chi connectivity index (χ0) is 15.0. The molecule has 2 heterocycles. The van der Waals surface area contributed by atoms with Crippen molar-refractivity contribution < 1.29 is 13.6 Å². The number of amides is 1. The third-order valence-electron chi connectivity index (χ3n) is 3.03. The monoisotopic (exact) mass is 308 g/mol. The van der Waals surface area contributed by atoms with Gasteiger partial charge in [0.05, 0.1) is 0 Å². The second kappa shape index (κ2) is 5.21. The van der Waals surface area contributed by atoms with E-state index in [1.165, 1.54) is 0 Å². The Kier molecular flexibility index (Phi) is 3.38. The molecule has 0 radical (unpaired) electrons. The maximum absolute atomic E-state index is 12.4. The molecule has 0 unspecified atom stereocenters. The van der Waals surface area contributed by atoms with E-state index < -0.39 is 17.3 Å². The van der Waals surface area contributed by atoms with E-state index >= 15 is 0 Å². The molecule has 21 heavy (non-hydrogen) atoms. The molecule has 0 spiro atoms. The fourth-order valence-electron chi connectivity index (χ4n) is 2.04. The number of fused-ring (bicyclic) bond motifs is 1. The Morgan fingerprint density at radius 2 is 2.10 bits per heavy atom. The fraction of sp³-hybridized carbons (Fsp3) is 0.154. The first-order valence-corrected chi connectivity index (χ1v) is 6.85. The van der Waals surface area contributed by atoms with Crippen LogP contribution >= 0.6 is 11.3 Å². The van der Waals surface area contributed by atoms with E-state index in [-0.39, 0.29) is 5.13 Å². The molecule has 1 N–H and O–H groups in total. The predicted molar refractivity (Wildman–Crippen MR) is 75.7 cm³/mol. The van der Waals surface area contributed by atoms with Crippen LogP contribution in [0.1, 0.15) is 21.9 Å². The summed E-state index contributed by atoms with van der Waals surface area (Å²) in [6, 6.07) is 9.28. The summed E-state index contributed by atoms with van der Waals surface area (Å²) in [5.74, 6) is -0.411. The minimum absolute atomic E-state index is 0.0561. The molecule has 0 bridgehead atoms. The van der Waals surface area contributed by atoms with Crippen LogP contribution < -0.4 is 5.32 Å². The van der Waals surface area contributed by atoms with E-state index in [0.717, 1.165) is 10.9 Å². The lowest BCUT2D eigenvalue weighted by Gasteiger charge is -2.03. The summed E-state index contributed by atoms with van der Waals surface area (Å²) in [6.45, 7) is 0. The molecule has 3 rings (SSSR count). The molecule has 5 nitrogen and oxygen atoms in total. The topological polar surface area (TPSA) is 59.8 Å². The van der Waals surface area contributed by atoms with Crippen LogP contribution in [0.15, 0.2) is 30.3 Å². The highest BCUT2D eigenvalue weighted by molar-refractivity contribution is 7.15. The summed E-state index contributed by atoms with van der Waals surface area (Å²) in [5.41, 5.74) is 1.33. The van der Waals surface area contributed by atoms with Gasteiger partial charge in [-0.25, -0.2) is 8.78 Å². The largest absolute Gasteiger partial charge is 0.340 e. The summed E-state index contributed by atoms with van der Waals surface area (Å²) in [5, 5.41) is 9.91. The molecule has 3 aromatic rings. The van der Waals surface area contributed by atoms with Crippen LogP contribution in [0.25, 0.3) is 10.9 Å².